The van der Waals surface area contributed by atoms with Gasteiger partial charge in [0.2, 0.25) is 0 Å². The first-order valence-electron chi connectivity index (χ1n) is 20.8. The number of nitrogens with zero attached hydrogens (tertiary/aromatic N) is 1. The van der Waals surface area contributed by atoms with Gasteiger partial charge in [-0.3, -0.25) is 0 Å². The number of hydrogen-bond donors (Lipinski definition) is 0. The molecule has 58 heavy (non-hydrogen) atoms. The van der Waals surface area contributed by atoms with Crippen LogP contribution in [0.25, 0.3) is 55.6 Å². The van der Waals surface area contributed by atoms with Gasteiger partial charge in [0.1, 0.15) is 0 Å². The van der Waals surface area contributed by atoms with Crippen LogP contribution in [0.4, 0.5) is 17.1 Å². The van der Waals surface area contributed by atoms with Gasteiger partial charge in [0, 0.05) is 33.1 Å². The smallest absolute Gasteiger partial charge is 0.0543 e. The molecule has 3 aliphatic carbocycles. The number of benzene rings is 8. The van der Waals surface area contributed by atoms with Crippen molar-refractivity contribution in [2.45, 2.75) is 57.8 Å². The summed E-state index contributed by atoms with van der Waals surface area (Å²) in [5, 5.41) is 0. The van der Waals surface area contributed by atoms with E-state index in [1.54, 1.807) is 0 Å². The minimum absolute atomic E-state index is 0.0878. The van der Waals surface area contributed by atoms with Gasteiger partial charge in [-0.25, -0.2) is 0 Å². The van der Waals surface area contributed by atoms with E-state index in [9.17, 15) is 0 Å². The Kier molecular flexibility index (Phi) is 7.36. The van der Waals surface area contributed by atoms with Crippen LogP contribution in [-0.4, -0.2) is 0 Å². The topological polar surface area (TPSA) is 3.24 Å². The second kappa shape index (κ2) is 12.3. The molecule has 1 nitrogen and oxygen atoms in total. The van der Waals surface area contributed by atoms with Crippen LogP contribution in [-0.2, 0) is 16.2 Å². The molecule has 8 aromatic carbocycles. The van der Waals surface area contributed by atoms with E-state index in [1.807, 2.05) is 0 Å². The van der Waals surface area contributed by atoms with Gasteiger partial charge in [-0.05, 0) is 108 Å². The third-order valence-electron chi connectivity index (χ3n) is 13.9. The first kappa shape index (κ1) is 34.8. The molecule has 8 aromatic rings. The normalized spacial score (nSPS) is 15.5. The maximum absolute atomic E-state index is 2.53. The summed E-state index contributed by atoms with van der Waals surface area (Å²) >= 11 is 0. The maximum atomic E-state index is 2.53. The maximum Gasteiger partial charge on any atom is 0.0543 e. The highest BCUT2D eigenvalue weighted by atomic mass is 15.1. The Morgan fingerprint density at radius 2 is 0.776 bits per heavy atom. The predicted molar refractivity (Wildman–Crippen MR) is 245 cm³/mol. The lowest BCUT2D eigenvalue weighted by Crippen LogP contribution is -2.17. The fourth-order valence-electron chi connectivity index (χ4n) is 11.0. The third-order valence-corrected chi connectivity index (χ3v) is 13.9. The average molecular weight is 746 g/mol. The molecule has 0 aliphatic heterocycles. The molecule has 0 fully saturated rings. The summed E-state index contributed by atoms with van der Waals surface area (Å²) in [6.45, 7) is 14.2. The van der Waals surface area contributed by atoms with Crippen LogP contribution in [0.1, 0.15) is 74.9 Å². The number of anilines is 3. The first-order chi connectivity index (χ1) is 28.1. The molecule has 0 bridgehead atoms. The molecular formula is C57H47N. The largest absolute Gasteiger partial charge is 0.309 e. The molecule has 3 aliphatic rings. The second-order valence-corrected chi connectivity index (χ2v) is 18.1. The summed E-state index contributed by atoms with van der Waals surface area (Å²) in [5.74, 6) is 0. The predicted octanol–water partition coefficient (Wildman–Crippen LogP) is 15.4. The lowest BCUT2D eigenvalue weighted by molar-refractivity contribution is 0.660. The summed E-state index contributed by atoms with van der Waals surface area (Å²) in [4.78, 5) is 2.53. The fraction of sp³-hybridized carbons (Fsp3) is 0.158. The molecule has 0 saturated heterocycles. The van der Waals surface area contributed by atoms with E-state index in [0.29, 0.717) is 0 Å². The third kappa shape index (κ3) is 4.77. The molecule has 0 saturated carbocycles. The molecule has 0 radical (unpaired) electrons. The van der Waals surface area contributed by atoms with E-state index in [0.717, 1.165) is 11.4 Å². The Bertz CT molecular complexity index is 2970. The molecule has 0 amide bonds. The molecule has 0 spiro atoms. The van der Waals surface area contributed by atoms with Crippen LogP contribution >= 0.6 is 0 Å². The monoisotopic (exact) mass is 745 g/mol. The van der Waals surface area contributed by atoms with Gasteiger partial charge in [-0.2, -0.15) is 0 Å². The molecule has 280 valence electrons. The van der Waals surface area contributed by atoms with E-state index in [4.69, 9.17) is 0 Å². The minimum Gasteiger partial charge on any atom is -0.309 e. The average Bonchev–Trinajstić information content (AvgIpc) is 3.74. The van der Waals surface area contributed by atoms with Gasteiger partial charge in [-0.1, -0.05) is 187 Å². The zero-order valence-electron chi connectivity index (χ0n) is 34.2. The highest BCUT2D eigenvalue weighted by Crippen LogP contribution is 2.57. The number of hydrogen-bond acceptors (Lipinski definition) is 1. The molecule has 0 heterocycles. The van der Waals surface area contributed by atoms with Crippen molar-refractivity contribution < 1.29 is 0 Å². The van der Waals surface area contributed by atoms with Crippen molar-refractivity contribution in [1.82, 2.24) is 0 Å². The van der Waals surface area contributed by atoms with Crippen molar-refractivity contribution in [3.05, 3.63) is 209 Å². The van der Waals surface area contributed by atoms with E-state index in [1.165, 1.54) is 94.7 Å². The quantitative estimate of drug-likeness (QED) is 0.170. The van der Waals surface area contributed by atoms with Crippen LogP contribution in [0, 0.1) is 0 Å². The van der Waals surface area contributed by atoms with Crippen LogP contribution in [0.2, 0.25) is 0 Å². The van der Waals surface area contributed by atoms with Gasteiger partial charge >= 0.3 is 0 Å². The summed E-state index contributed by atoms with van der Waals surface area (Å²) in [5.41, 5.74) is 24.5. The van der Waals surface area contributed by atoms with Crippen molar-refractivity contribution in [2.75, 3.05) is 4.90 Å². The van der Waals surface area contributed by atoms with Gasteiger partial charge in [0.25, 0.3) is 0 Å². The van der Waals surface area contributed by atoms with Crippen molar-refractivity contribution in [2.24, 2.45) is 0 Å². The van der Waals surface area contributed by atoms with Gasteiger partial charge < -0.3 is 4.90 Å². The summed E-state index contributed by atoms with van der Waals surface area (Å²) in [6, 6.07) is 66.1. The Hall–Kier alpha value is -6.44. The Labute approximate surface area is 343 Å². The molecular weight excluding hydrogens is 699 g/mol. The van der Waals surface area contributed by atoms with Crippen molar-refractivity contribution in [3.63, 3.8) is 0 Å². The molecule has 1 heteroatoms. The molecule has 0 atom stereocenters. The SMILES string of the molecule is CC1(C)c2ccccc2-c2ccc(-c3ccccc3N(c3ccc(-c4cccc5c4C(C)(C)c4ccccc4-5)cc3)c3cccc4c3-c3ccccc3C4(C)C)cc21. The van der Waals surface area contributed by atoms with Crippen molar-refractivity contribution in [1.29, 1.82) is 0 Å². The Morgan fingerprint density at radius 1 is 0.310 bits per heavy atom. The van der Waals surface area contributed by atoms with Gasteiger partial charge in [0.05, 0.1) is 11.4 Å². The van der Waals surface area contributed by atoms with E-state index in [2.05, 4.69) is 222 Å². The summed E-state index contributed by atoms with van der Waals surface area (Å²) in [7, 11) is 0. The molecule has 0 aromatic heterocycles. The van der Waals surface area contributed by atoms with Crippen LogP contribution < -0.4 is 4.90 Å². The highest BCUT2D eigenvalue weighted by Gasteiger charge is 2.40. The van der Waals surface area contributed by atoms with E-state index >= 15 is 0 Å². The first-order valence-corrected chi connectivity index (χ1v) is 20.8. The number of para-hydroxylation sites is 1. The van der Waals surface area contributed by atoms with E-state index < -0.39 is 0 Å². The number of rotatable bonds is 5. The van der Waals surface area contributed by atoms with Gasteiger partial charge in [-0.15, -0.1) is 0 Å². The zero-order valence-corrected chi connectivity index (χ0v) is 34.2. The lowest BCUT2D eigenvalue weighted by atomic mass is 9.79. The molecule has 0 unspecified atom stereocenters. The van der Waals surface area contributed by atoms with Crippen molar-refractivity contribution >= 4 is 17.1 Å². The summed E-state index contributed by atoms with van der Waals surface area (Å²) < 4.78 is 0. The van der Waals surface area contributed by atoms with Crippen LogP contribution in [0.5, 0.6) is 0 Å². The Morgan fingerprint density at radius 3 is 1.50 bits per heavy atom. The van der Waals surface area contributed by atoms with Crippen LogP contribution in [0.3, 0.4) is 0 Å². The van der Waals surface area contributed by atoms with Gasteiger partial charge in [0.15, 0.2) is 0 Å². The second-order valence-electron chi connectivity index (χ2n) is 18.1. The molecule has 0 N–H and O–H groups in total. The van der Waals surface area contributed by atoms with Crippen molar-refractivity contribution in [3.8, 4) is 55.6 Å². The standard InChI is InChI=1S/C57H47N/c1-55(2)48-25-13-9-20-45(48)53-49(55)26-16-28-52(53)58(38-32-29-36(30-33-38)40-21-15-22-44-42-19-8-12-24-47(42)57(5,6)54(40)44)51-27-14-10-17-39(51)37-31-34-43-41-18-7-11-23-46(41)56(3,4)50(43)35-37/h7-35H,1-6H3. The van der Waals surface area contributed by atoms with Crippen LogP contribution in [0.15, 0.2) is 176 Å². The molecule has 11 rings (SSSR count). The zero-order chi connectivity index (χ0) is 39.6. The minimum atomic E-state index is -0.115. The highest BCUT2D eigenvalue weighted by molar-refractivity contribution is 5.99. The number of fused-ring (bicyclic) bond motifs is 9. The Balaban J connectivity index is 1.11. The van der Waals surface area contributed by atoms with E-state index in [-0.39, 0.29) is 16.2 Å². The summed E-state index contributed by atoms with van der Waals surface area (Å²) in [6.07, 6.45) is 0. The fourth-order valence-corrected chi connectivity index (χ4v) is 11.0. The lowest BCUT2D eigenvalue weighted by Gasteiger charge is -2.31.